The second kappa shape index (κ2) is 7.47. The monoisotopic (exact) mass is 372 g/mol. The van der Waals surface area contributed by atoms with E-state index in [0.29, 0.717) is 11.5 Å². The number of carbonyl (C=O) groups is 2. The van der Waals surface area contributed by atoms with E-state index < -0.39 is 0 Å². The van der Waals surface area contributed by atoms with Crippen molar-refractivity contribution < 1.29 is 9.59 Å². The van der Waals surface area contributed by atoms with Crippen molar-refractivity contribution in [1.29, 1.82) is 0 Å². The molecule has 1 aliphatic rings. The van der Waals surface area contributed by atoms with E-state index in [1.165, 1.54) is 0 Å². The lowest BCUT2D eigenvalue weighted by atomic mass is 9.97. The minimum atomic E-state index is -0.146. The highest BCUT2D eigenvalue weighted by Crippen LogP contribution is 2.37. The quantitative estimate of drug-likeness (QED) is 0.682. The van der Waals surface area contributed by atoms with Crippen LogP contribution in [-0.2, 0) is 4.79 Å². The molecule has 4 rings (SSSR count). The van der Waals surface area contributed by atoms with Gasteiger partial charge < -0.3 is 5.32 Å². The summed E-state index contributed by atoms with van der Waals surface area (Å²) in [6.07, 6.45) is 0.847. The Morgan fingerprint density at radius 1 is 0.964 bits per heavy atom. The topological polar surface area (TPSA) is 49.4 Å². The molecular formula is C24H24N2O2. The maximum absolute atomic E-state index is 12.9. The van der Waals surface area contributed by atoms with Crippen LogP contribution in [-0.4, -0.2) is 18.4 Å². The molecule has 0 radical (unpaired) electrons. The van der Waals surface area contributed by atoms with E-state index in [-0.39, 0.29) is 24.4 Å². The van der Waals surface area contributed by atoms with E-state index in [1.807, 2.05) is 66.7 Å². The average molecular weight is 372 g/mol. The van der Waals surface area contributed by atoms with Crippen molar-refractivity contribution >= 4 is 28.3 Å². The van der Waals surface area contributed by atoms with E-state index >= 15 is 0 Å². The molecule has 0 aliphatic carbocycles. The molecule has 1 N–H and O–H groups in total. The first-order chi connectivity index (χ1) is 13.5. The fourth-order valence-corrected chi connectivity index (χ4v) is 3.95. The third-order valence-corrected chi connectivity index (χ3v) is 5.20. The fraction of sp³-hybridized carbons (Fsp3) is 0.250. The highest BCUT2D eigenvalue weighted by Gasteiger charge is 2.31. The van der Waals surface area contributed by atoms with Crippen LogP contribution in [0.2, 0.25) is 0 Å². The van der Waals surface area contributed by atoms with Gasteiger partial charge in [0.25, 0.3) is 5.91 Å². The smallest absolute Gasteiger partial charge is 0.259 e. The van der Waals surface area contributed by atoms with E-state index in [4.69, 9.17) is 0 Å². The molecular weight excluding hydrogens is 348 g/mol. The van der Waals surface area contributed by atoms with E-state index in [1.54, 1.807) is 4.90 Å². The van der Waals surface area contributed by atoms with Crippen LogP contribution < -0.4 is 10.2 Å². The Balaban J connectivity index is 1.55. The molecule has 142 valence electrons. The largest absolute Gasteiger partial charge is 0.348 e. The summed E-state index contributed by atoms with van der Waals surface area (Å²) in [6, 6.07) is 21.5. The predicted octanol–water partition coefficient (Wildman–Crippen LogP) is 4.70. The Bertz CT molecular complexity index is 1020. The average Bonchev–Trinajstić information content (AvgIpc) is 2.96. The van der Waals surface area contributed by atoms with Crippen LogP contribution in [0.1, 0.15) is 42.2 Å². The Kier molecular flexibility index (Phi) is 4.86. The molecule has 0 saturated heterocycles. The van der Waals surface area contributed by atoms with Gasteiger partial charge >= 0.3 is 0 Å². The third kappa shape index (κ3) is 3.38. The van der Waals surface area contributed by atoms with Gasteiger partial charge in [-0.05, 0) is 35.4 Å². The summed E-state index contributed by atoms with van der Waals surface area (Å²) in [5.41, 5.74) is 2.57. The summed E-state index contributed by atoms with van der Waals surface area (Å²) >= 11 is 0. The van der Waals surface area contributed by atoms with Crippen LogP contribution in [0.25, 0.3) is 10.8 Å². The van der Waals surface area contributed by atoms with Crippen LogP contribution >= 0.6 is 0 Å². The molecule has 1 heterocycles. The molecule has 0 saturated carbocycles. The van der Waals surface area contributed by atoms with Gasteiger partial charge in [-0.2, -0.15) is 0 Å². The zero-order valence-electron chi connectivity index (χ0n) is 16.2. The summed E-state index contributed by atoms with van der Waals surface area (Å²) in [5.74, 6) is 0.187. The van der Waals surface area contributed by atoms with Crippen molar-refractivity contribution in [2.45, 2.75) is 26.3 Å². The van der Waals surface area contributed by atoms with Gasteiger partial charge in [0.1, 0.15) is 6.54 Å². The lowest BCUT2D eigenvalue weighted by molar-refractivity contribution is -0.120. The summed E-state index contributed by atoms with van der Waals surface area (Å²) in [4.78, 5) is 27.4. The van der Waals surface area contributed by atoms with Gasteiger partial charge in [0.2, 0.25) is 5.91 Å². The molecule has 4 nitrogen and oxygen atoms in total. The second-order valence-corrected chi connectivity index (χ2v) is 7.73. The van der Waals surface area contributed by atoms with E-state index in [9.17, 15) is 9.59 Å². The van der Waals surface area contributed by atoms with Gasteiger partial charge in [-0.1, -0.05) is 68.4 Å². The number of benzene rings is 3. The SMILES string of the molecule is CC(C)C[C@@H](NC(=O)CN1C(=O)c2cccc3cccc1c23)c1ccccc1. The zero-order chi connectivity index (χ0) is 19.7. The van der Waals surface area contributed by atoms with Crippen molar-refractivity contribution in [1.82, 2.24) is 5.32 Å². The van der Waals surface area contributed by atoms with Crippen molar-refractivity contribution in [3.63, 3.8) is 0 Å². The fourth-order valence-electron chi connectivity index (χ4n) is 3.95. The maximum atomic E-state index is 12.9. The molecule has 0 bridgehead atoms. The number of anilines is 1. The number of amides is 2. The molecule has 28 heavy (non-hydrogen) atoms. The highest BCUT2D eigenvalue weighted by atomic mass is 16.2. The lowest BCUT2D eigenvalue weighted by Crippen LogP contribution is -2.40. The van der Waals surface area contributed by atoms with Gasteiger partial charge in [-0.25, -0.2) is 0 Å². The Morgan fingerprint density at radius 3 is 2.39 bits per heavy atom. The number of nitrogens with zero attached hydrogens (tertiary/aromatic N) is 1. The molecule has 0 unspecified atom stereocenters. The highest BCUT2D eigenvalue weighted by molar-refractivity contribution is 6.26. The summed E-state index contributed by atoms with van der Waals surface area (Å²) < 4.78 is 0. The molecule has 3 aromatic rings. The normalized spacial score (nSPS) is 14.0. The van der Waals surface area contributed by atoms with Crippen LogP contribution in [0.3, 0.4) is 0 Å². The number of hydrogen-bond acceptors (Lipinski definition) is 2. The van der Waals surface area contributed by atoms with Crippen molar-refractivity contribution in [2.24, 2.45) is 5.92 Å². The molecule has 0 fully saturated rings. The Morgan fingerprint density at radius 2 is 1.68 bits per heavy atom. The van der Waals surface area contributed by atoms with E-state index in [2.05, 4.69) is 19.2 Å². The molecule has 0 aromatic heterocycles. The number of carbonyl (C=O) groups excluding carboxylic acids is 2. The van der Waals surface area contributed by atoms with Crippen LogP contribution in [0.15, 0.2) is 66.7 Å². The van der Waals surface area contributed by atoms with Gasteiger partial charge in [0.05, 0.1) is 11.7 Å². The third-order valence-electron chi connectivity index (χ3n) is 5.20. The molecule has 4 heteroatoms. The Hall–Kier alpha value is -3.14. The van der Waals surface area contributed by atoms with Crippen LogP contribution in [0, 0.1) is 5.92 Å². The standard InChI is InChI=1S/C24H24N2O2/c1-16(2)14-20(17-8-4-3-5-9-17)25-22(27)15-26-21-13-7-11-18-10-6-12-19(23(18)21)24(26)28/h3-13,16,20H,14-15H2,1-2H3,(H,25,27)/t20-/m1/s1. The van der Waals surface area contributed by atoms with Crippen molar-refractivity contribution in [3.8, 4) is 0 Å². The summed E-state index contributed by atoms with van der Waals surface area (Å²) in [5, 5.41) is 5.09. The molecule has 3 aromatic carbocycles. The first-order valence-electron chi connectivity index (χ1n) is 9.72. The predicted molar refractivity (Wildman–Crippen MR) is 112 cm³/mol. The van der Waals surface area contributed by atoms with Crippen molar-refractivity contribution in [2.75, 3.05) is 11.4 Å². The maximum Gasteiger partial charge on any atom is 0.259 e. The molecule has 2 amide bonds. The minimum Gasteiger partial charge on any atom is -0.348 e. The van der Waals surface area contributed by atoms with Gasteiger partial charge in [0, 0.05) is 10.9 Å². The molecule has 1 aliphatic heterocycles. The van der Waals surface area contributed by atoms with Gasteiger partial charge in [-0.3, -0.25) is 14.5 Å². The van der Waals surface area contributed by atoms with E-state index in [0.717, 1.165) is 28.4 Å². The van der Waals surface area contributed by atoms with Crippen molar-refractivity contribution in [3.05, 3.63) is 77.9 Å². The van der Waals surface area contributed by atoms with Crippen LogP contribution in [0.4, 0.5) is 5.69 Å². The second-order valence-electron chi connectivity index (χ2n) is 7.73. The molecule has 0 spiro atoms. The van der Waals surface area contributed by atoms with Gasteiger partial charge in [0.15, 0.2) is 0 Å². The zero-order valence-corrected chi connectivity index (χ0v) is 16.2. The number of nitrogens with one attached hydrogen (secondary N) is 1. The first-order valence-corrected chi connectivity index (χ1v) is 9.72. The number of hydrogen-bond donors (Lipinski definition) is 1. The number of rotatable bonds is 6. The summed E-state index contributed by atoms with van der Waals surface area (Å²) in [7, 11) is 0. The first kappa shape index (κ1) is 18.2. The summed E-state index contributed by atoms with van der Waals surface area (Å²) in [6.45, 7) is 4.31. The lowest BCUT2D eigenvalue weighted by Gasteiger charge is -2.23. The van der Waals surface area contributed by atoms with Gasteiger partial charge in [-0.15, -0.1) is 0 Å². The van der Waals surface area contributed by atoms with Crippen LogP contribution in [0.5, 0.6) is 0 Å². The minimum absolute atomic E-state index is 0.0219. The molecule has 1 atom stereocenters. The Labute approximate surface area is 165 Å².